The molecule has 0 saturated carbocycles. The van der Waals surface area contributed by atoms with Crippen LogP contribution in [0.4, 0.5) is 0 Å². The molecule has 2 nitrogen and oxygen atoms in total. The maximum atomic E-state index is 5.19. The fourth-order valence-electron chi connectivity index (χ4n) is 0.330. The highest BCUT2D eigenvalue weighted by Crippen LogP contribution is 1.69. The molecule has 7 heavy (non-hydrogen) atoms. The van der Waals surface area contributed by atoms with Gasteiger partial charge in [-0.1, -0.05) is 0 Å². The lowest BCUT2D eigenvalue weighted by Crippen LogP contribution is -2.28. The Labute approximate surface area is 45.1 Å². The van der Waals surface area contributed by atoms with Crippen molar-refractivity contribution in [1.29, 1.82) is 0 Å². The van der Waals surface area contributed by atoms with Crippen LogP contribution in [0.2, 0.25) is 0 Å². The second-order valence-electron chi connectivity index (χ2n) is 1.64. The fourth-order valence-corrected chi connectivity index (χ4v) is 0.330. The topological polar surface area (TPSA) is 38.0 Å². The van der Waals surface area contributed by atoms with E-state index in [1.807, 2.05) is 6.92 Å². The lowest BCUT2D eigenvalue weighted by molar-refractivity contribution is 0.636. The van der Waals surface area contributed by atoms with Crippen LogP contribution in [-0.4, -0.2) is 19.1 Å². The van der Waals surface area contributed by atoms with Gasteiger partial charge >= 0.3 is 0 Å². The molecule has 0 aromatic carbocycles. The van der Waals surface area contributed by atoms with E-state index in [1.165, 1.54) is 0 Å². The molecule has 43 valence electrons. The molecule has 2 heteroatoms. The Hall–Kier alpha value is -0.0800. The summed E-state index contributed by atoms with van der Waals surface area (Å²) in [6, 6.07) is 0.323. The molecular formula is C5H13N2. The third-order valence-electron chi connectivity index (χ3n) is 0.637. The van der Waals surface area contributed by atoms with Crippen molar-refractivity contribution in [2.45, 2.75) is 13.0 Å². The van der Waals surface area contributed by atoms with Crippen molar-refractivity contribution >= 4 is 0 Å². The van der Waals surface area contributed by atoms with Crippen molar-refractivity contribution in [3.63, 3.8) is 0 Å². The summed E-state index contributed by atoms with van der Waals surface area (Å²) in [5, 5.41) is 3.06. The number of hydrogen-bond donors (Lipinski definition) is 2. The first-order valence-electron chi connectivity index (χ1n) is 2.54. The zero-order valence-corrected chi connectivity index (χ0v) is 4.78. The van der Waals surface area contributed by atoms with Crippen LogP contribution in [0.15, 0.2) is 0 Å². The lowest BCUT2D eigenvalue weighted by Gasteiger charge is -2.03. The smallest absolute Gasteiger partial charge is 0.00769 e. The largest absolute Gasteiger partial charge is 0.329 e. The Kier molecular flexibility index (Phi) is 4.04. The van der Waals surface area contributed by atoms with Crippen LogP contribution < -0.4 is 11.1 Å². The summed E-state index contributed by atoms with van der Waals surface area (Å²) in [6.07, 6.45) is 0. The first kappa shape index (κ1) is 6.92. The highest BCUT2D eigenvalue weighted by molar-refractivity contribution is 4.60. The monoisotopic (exact) mass is 101 g/mol. The van der Waals surface area contributed by atoms with E-state index >= 15 is 0 Å². The van der Waals surface area contributed by atoms with Gasteiger partial charge in [-0.25, -0.2) is 0 Å². The molecule has 0 aromatic heterocycles. The minimum Gasteiger partial charge on any atom is -0.329 e. The van der Waals surface area contributed by atoms with E-state index in [-0.39, 0.29) is 0 Å². The summed E-state index contributed by atoms with van der Waals surface area (Å²) < 4.78 is 0. The fraction of sp³-hybridized carbons (Fsp3) is 0.800. The number of nitrogens with two attached hydrogens (primary N) is 1. The predicted molar refractivity (Wildman–Crippen MR) is 31.9 cm³/mol. The van der Waals surface area contributed by atoms with Crippen LogP contribution in [0, 0.1) is 6.92 Å². The van der Waals surface area contributed by atoms with E-state index in [9.17, 15) is 0 Å². The lowest BCUT2D eigenvalue weighted by atomic mass is 10.4. The van der Waals surface area contributed by atoms with Gasteiger partial charge in [0.05, 0.1) is 0 Å². The third kappa shape index (κ3) is 5.92. The van der Waals surface area contributed by atoms with E-state index < -0.39 is 0 Å². The second kappa shape index (κ2) is 4.09. The van der Waals surface area contributed by atoms with Gasteiger partial charge in [-0.2, -0.15) is 0 Å². The molecule has 0 rings (SSSR count). The van der Waals surface area contributed by atoms with Crippen LogP contribution >= 0.6 is 0 Å². The van der Waals surface area contributed by atoms with Crippen molar-refractivity contribution in [3.8, 4) is 0 Å². The molecule has 1 radical (unpaired) electrons. The molecule has 0 spiro atoms. The maximum Gasteiger partial charge on any atom is 0.00769 e. The van der Waals surface area contributed by atoms with Gasteiger partial charge in [0, 0.05) is 19.1 Å². The van der Waals surface area contributed by atoms with Crippen LogP contribution in [0.25, 0.3) is 0 Å². The van der Waals surface area contributed by atoms with Crippen LogP contribution in [0.5, 0.6) is 0 Å². The van der Waals surface area contributed by atoms with Crippen LogP contribution in [0.1, 0.15) is 6.92 Å². The minimum absolute atomic E-state index is 0.323. The quantitative estimate of drug-likeness (QED) is 0.515. The molecule has 0 aliphatic rings. The summed E-state index contributed by atoms with van der Waals surface area (Å²) >= 11 is 0. The van der Waals surface area contributed by atoms with Crippen molar-refractivity contribution in [1.82, 2.24) is 5.32 Å². The number of rotatable bonds is 3. The third-order valence-corrected chi connectivity index (χ3v) is 0.637. The van der Waals surface area contributed by atoms with Gasteiger partial charge in [0.1, 0.15) is 0 Å². The van der Waals surface area contributed by atoms with Crippen LogP contribution in [0.3, 0.4) is 0 Å². The summed E-state index contributed by atoms with van der Waals surface area (Å²) in [5.74, 6) is 0. The molecule has 0 amide bonds. The van der Waals surface area contributed by atoms with E-state index in [4.69, 9.17) is 5.73 Å². The number of nitrogens with one attached hydrogen (secondary N) is 1. The van der Waals surface area contributed by atoms with Crippen molar-refractivity contribution < 1.29 is 0 Å². The summed E-state index contributed by atoms with van der Waals surface area (Å²) in [4.78, 5) is 0. The standard InChI is InChI=1S/C5H13N2/c1-5(2)7-4-3-6/h5,7H,1,3-4,6H2,2H3. The SMILES string of the molecule is [CH2]C(C)NCCN. The molecule has 0 fully saturated rings. The van der Waals surface area contributed by atoms with E-state index in [2.05, 4.69) is 12.2 Å². The zero-order valence-electron chi connectivity index (χ0n) is 4.78. The maximum absolute atomic E-state index is 5.19. The number of hydrogen-bond acceptors (Lipinski definition) is 2. The van der Waals surface area contributed by atoms with Gasteiger partial charge in [0.15, 0.2) is 0 Å². The molecule has 3 N–H and O–H groups in total. The van der Waals surface area contributed by atoms with Crippen molar-refractivity contribution in [3.05, 3.63) is 6.92 Å². The van der Waals surface area contributed by atoms with E-state index in [1.54, 1.807) is 0 Å². The Balaban J connectivity index is 2.68. The van der Waals surface area contributed by atoms with Gasteiger partial charge in [-0.15, -0.1) is 0 Å². The van der Waals surface area contributed by atoms with Gasteiger partial charge in [0.2, 0.25) is 0 Å². The van der Waals surface area contributed by atoms with Gasteiger partial charge in [0.25, 0.3) is 0 Å². The molecule has 0 saturated heterocycles. The molecule has 0 aromatic rings. The average Bonchev–Trinajstić information content (AvgIpc) is 1.61. The summed E-state index contributed by atoms with van der Waals surface area (Å²) in [6.45, 7) is 7.27. The Morgan fingerprint density at radius 1 is 1.86 bits per heavy atom. The predicted octanol–water partition coefficient (Wildman–Crippen LogP) is -0.243. The van der Waals surface area contributed by atoms with Gasteiger partial charge < -0.3 is 11.1 Å². The summed E-state index contributed by atoms with van der Waals surface area (Å²) in [5.41, 5.74) is 5.19. The molecule has 1 atom stereocenters. The van der Waals surface area contributed by atoms with Crippen molar-refractivity contribution in [2.24, 2.45) is 5.73 Å². The average molecular weight is 101 g/mol. The van der Waals surface area contributed by atoms with Gasteiger partial charge in [-0.3, -0.25) is 0 Å². The highest BCUT2D eigenvalue weighted by atomic mass is 14.9. The molecule has 0 aliphatic carbocycles. The highest BCUT2D eigenvalue weighted by Gasteiger charge is 1.85. The normalized spacial score (nSPS) is 10.3. The zero-order chi connectivity index (χ0) is 5.70. The van der Waals surface area contributed by atoms with Gasteiger partial charge in [-0.05, 0) is 13.8 Å². The molecule has 0 bridgehead atoms. The Morgan fingerprint density at radius 3 is 2.57 bits per heavy atom. The van der Waals surface area contributed by atoms with Crippen LogP contribution in [-0.2, 0) is 0 Å². The summed E-state index contributed by atoms with van der Waals surface area (Å²) in [7, 11) is 0. The van der Waals surface area contributed by atoms with E-state index in [0.29, 0.717) is 12.6 Å². The molecular weight excluding hydrogens is 88.1 g/mol. The Morgan fingerprint density at radius 2 is 2.43 bits per heavy atom. The first-order chi connectivity index (χ1) is 3.27. The van der Waals surface area contributed by atoms with E-state index in [0.717, 1.165) is 6.54 Å². The van der Waals surface area contributed by atoms with Crippen molar-refractivity contribution in [2.75, 3.05) is 13.1 Å². The molecule has 1 unspecified atom stereocenters. The molecule has 0 aliphatic heterocycles. The first-order valence-corrected chi connectivity index (χ1v) is 2.54. The minimum atomic E-state index is 0.323. The Bertz CT molecular complexity index is 35.1. The second-order valence-corrected chi connectivity index (χ2v) is 1.64. The molecule has 0 heterocycles.